The van der Waals surface area contributed by atoms with Crippen molar-refractivity contribution in [3.8, 4) is 5.75 Å². The molecule has 0 aliphatic rings. The summed E-state index contributed by atoms with van der Waals surface area (Å²) in [5, 5.41) is 8.48. The topological polar surface area (TPSA) is 90.6 Å². The maximum Gasteiger partial charge on any atom is 0.513 e. The molecular weight excluding hydrogens is 334 g/mol. The molecule has 3 heterocycles. The molecule has 0 unspecified atom stereocenters. The van der Waals surface area contributed by atoms with Crippen LogP contribution in [0.3, 0.4) is 0 Å². The van der Waals surface area contributed by atoms with Crippen molar-refractivity contribution in [3.05, 3.63) is 54.6 Å². The van der Waals surface area contributed by atoms with Crippen LogP contribution in [0.25, 0.3) is 16.4 Å². The monoisotopic (exact) mass is 349 g/mol. The minimum atomic E-state index is -0.786. The Kier molecular flexibility index (Phi) is 3.85. The first-order valence-electron chi connectivity index (χ1n) is 7.87. The van der Waals surface area contributed by atoms with Crippen LogP contribution in [0.2, 0.25) is 0 Å². The Morgan fingerprint density at radius 3 is 2.92 bits per heavy atom. The van der Waals surface area contributed by atoms with E-state index in [1.165, 1.54) is 13.4 Å². The number of ether oxygens (including phenoxy) is 2. The maximum atomic E-state index is 11.4. The average molecular weight is 349 g/mol. The fourth-order valence-corrected chi connectivity index (χ4v) is 2.80. The Balaban J connectivity index is 1.80. The van der Waals surface area contributed by atoms with E-state index in [-0.39, 0.29) is 0 Å². The zero-order valence-corrected chi connectivity index (χ0v) is 14.1. The quantitative estimate of drug-likeness (QED) is 0.566. The standard InChI is InChI=1S/C18H15N5O3/c1-11-15(26-18(24)25-2)9-23-16(11)17(20-10-21-23)22-14-7-3-6-13-12(14)5-4-8-19-13/h3-10H,1-2H3,(H,20,21,22). The van der Waals surface area contributed by atoms with E-state index in [2.05, 4.69) is 25.1 Å². The van der Waals surface area contributed by atoms with E-state index in [1.54, 1.807) is 16.9 Å². The van der Waals surface area contributed by atoms with Crippen LogP contribution in [0, 0.1) is 6.92 Å². The molecule has 8 nitrogen and oxygen atoms in total. The molecule has 0 fully saturated rings. The molecule has 0 bridgehead atoms. The second-order valence-electron chi connectivity index (χ2n) is 5.58. The average Bonchev–Trinajstić information content (AvgIpc) is 2.98. The number of benzene rings is 1. The fraction of sp³-hybridized carbons (Fsp3) is 0.111. The highest BCUT2D eigenvalue weighted by Gasteiger charge is 2.17. The Morgan fingerprint density at radius 2 is 2.08 bits per heavy atom. The van der Waals surface area contributed by atoms with Crippen LogP contribution in [0.15, 0.2) is 49.1 Å². The Bertz CT molecular complexity index is 1120. The molecule has 0 aliphatic carbocycles. The van der Waals surface area contributed by atoms with E-state index in [4.69, 9.17) is 4.74 Å². The number of hydrogen-bond acceptors (Lipinski definition) is 7. The number of fused-ring (bicyclic) bond motifs is 2. The van der Waals surface area contributed by atoms with Crippen molar-refractivity contribution in [2.45, 2.75) is 6.92 Å². The number of methoxy groups -OCH3 is 1. The van der Waals surface area contributed by atoms with Crippen LogP contribution in [0.5, 0.6) is 5.75 Å². The summed E-state index contributed by atoms with van der Waals surface area (Å²) in [5.41, 5.74) is 3.17. The molecule has 26 heavy (non-hydrogen) atoms. The van der Waals surface area contributed by atoms with Gasteiger partial charge in [-0.2, -0.15) is 5.10 Å². The maximum absolute atomic E-state index is 11.4. The van der Waals surface area contributed by atoms with Crippen LogP contribution in [0.1, 0.15) is 5.56 Å². The summed E-state index contributed by atoms with van der Waals surface area (Å²) < 4.78 is 11.3. The van der Waals surface area contributed by atoms with Gasteiger partial charge in [-0.25, -0.2) is 14.3 Å². The summed E-state index contributed by atoms with van der Waals surface area (Å²) in [6.07, 6.45) is 4.01. The van der Waals surface area contributed by atoms with Crippen molar-refractivity contribution in [2.75, 3.05) is 12.4 Å². The molecule has 0 saturated heterocycles. The summed E-state index contributed by atoms with van der Waals surface area (Å²) in [6, 6.07) is 9.69. The molecule has 0 atom stereocenters. The molecular formula is C18H15N5O3. The van der Waals surface area contributed by atoms with E-state index in [1.807, 2.05) is 37.3 Å². The van der Waals surface area contributed by atoms with Crippen molar-refractivity contribution < 1.29 is 14.3 Å². The third-order valence-electron chi connectivity index (χ3n) is 4.04. The third-order valence-corrected chi connectivity index (χ3v) is 4.04. The van der Waals surface area contributed by atoms with Gasteiger partial charge in [-0.3, -0.25) is 4.98 Å². The highest BCUT2D eigenvalue weighted by molar-refractivity contribution is 5.94. The lowest BCUT2D eigenvalue weighted by molar-refractivity contribution is 0.121. The molecule has 0 aliphatic heterocycles. The molecule has 4 aromatic rings. The Morgan fingerprint density at radius 1 is 1.19 bits per heavy atom. The van der Waals surface area contributed by atoms with Gasteiger partial charge >= 0.3 is 6.16 Å². The number of aryl methyl sites for hydroxylation is 1. The lowest BCUT2D eigenvalue weighted by Gasteiger charge is -2.10. The minimum Gasteiger partial charge on any atom is -0.437 e. The zero-order chi connectivity index (χ0) is 18.1. The lowest BCUT2D eigenvalue weighted by Crippen LogP contribution is -2.07. The first kappa shape index (κ1) is 15.8. The van der Waals surface area contributed by atoms with Gasteiger partial charge in [0.15, 0.2) is 11.6 Å². The van der Waals surface area contributed by atoms with E-state index < -0.39 is 6.16 Å². The van der Waals surface area contributed by atoms with Gasteiger partial charge in [-0.15, -0.1) is 0 Å². The van der Waals surface area contributed by atoms with Gasteiger partial charge in [0, 0.05) is 22.8 Å². The molecule has 3 aromatic heterocycles. The zero-order valence-electron chi connectivity index (χ0n) is 14.1. The number of nitrogens with zero attached hydrogens (tertiary/aromatic N) is 4. The van der Waals surface area contributed by atoms with E-state index in [0.717, 1.165) is 22.2 Å². The first-order valence-corrected chi connectivity index (χ1v) is 7.87. The van der Waals surface area contributed by atoms with Crippen molar-refractivity contribution in [2.24, 2.45) is 0 Å². The molecule has 1 N–H and O–H groups in total. The second kappa shape index (κ2) is 6.32. The highest BCUT2D eigenvalue weighted by atomic mass is 16.7. The Hall–Kier alpha value is -3.68. The predicted octanol–water partition coefficient (Wildman–Crippen LogP) is 3.47. The van der Waals surface area contributed by atoms with Gasteiger partial charge in [0.05, 0.1) is 18.8 Å². The number of carbonyl (C=O) groups is 1. The third kappa shape index (κ3) is 2.67. The van der Waals surface area contributed by atoms with Gasteiger partial charge in [0.25, 0.3) is 0 Å². The van der Waals surface area contributed by atoms with Crippen molar-refractivity contribution >= 4 is 34.1 Å². The van der Waals surface area contributed by atoms with E-state index in [0.29, 0.717) is 17.1 Å². The number of rotatable bonds is 3. The summed E-state index contributed by atoms with van der Waals surface area (Å²) >= 11 is 0. The number of hydrogen-bond donors (Lipinski definition) is 1. The SMILES string of the molecule is COC(=O)Oc1cn2ncnc(Nc3cccc4ncccc34)c2c1C. The largest absolute Gasteiger partial charge is 0.513 e. The molecule has 4 rings (SSSR count). The first-order chi connectivity index (χ1) is 12.7. The van der Waals surface area contributed by atoms with Crippen LogP contribution in [-0.2, 0) is 4.74 Å². The van der Waals surface area contributed by atoms with Crippen LogP contribution in [-0.4, -0.2) is 32.8 Å². The number of pyridine rings is 1. The van der Waals surface area contributed by atoms with Gasteiger partial charge in [0.2, 0.25) is 0 Å². The molecule has 0 radical (unpaired) electrons. The Labute approximate surface area is 148 Å². The molecule has 130 valence electrons. The van der Waals surface area contributed by atoms with Crippen LogP contribution >= 0.6 is 0 Å². The van der Waals surface area contributed by atoms with Crippen LogP contribution in [0.4, 0.5) is 16.3 Å². The van der Waals surface area contributed by atoms with Gasteiger partial charge in [-0.1, -0.05) is 6.07 Å². The molecule has 0 spiro atoms. The van der Waals surface area contributed by atoms with Crippen LogP contribution < -0.4 is 10.1 Å². The highest BCUT2D eigenvalue weighted by Crippen LogP contribution is 2.31. The number of nitrogens with one attached hydrogen (secondary N) is 1. The number of carbonyl (C=O) groups excluding carboxylic acids is 1. The summed E-state index contributed by atoms with van der Waals surface area (Å²) in [4.78, 5) is 20.1. The fourth-order valence-electron chi connectivity index (χ4n) is 2.80. The summed E-state index contributed by atoms with van der Waals surface area (Å²) in [5.74, 6) is 0.952. The van der Waals surface area contributed by atoms with Crippen molar-refractivity contribution in [1.82, 2.24) is 19.6 Å². The molecule has 0 amide bonds. The van der Waals surface area contributed by atoms with Gasteiger partial charge in [-0.05, 0) is 31.2 Å². The molecule has 1 aromatic carbocycles. The second-order valence-corrected chi connectivity index (χ2v) is 5.58. The molecule has 0 saturated carbocycles. The lowest BCUT2D eigenvalue weighted by atomic mass is 10.2. The predicted molar refractivity (Wildman–Crippen MR) is 95.8 cm³/mol. The summed E-state index contributed by atoms with van der Waals surface area (Å²) in [6.45, 7) is 1.83. The minimum absolute atomic E-state index is 0.361. The van der Waals surface area contributed by atoms with Gasteiger partial charge < -0.3 is 14.8 Å². The summed E-state index contributed by atoms with van der Waals surface area (Å²) in [7, 11) is 1.26. The number of aromatic nitrogens is 4. The molecule has 8 heteroatoms. The van der Waals surface area contributed by atoms with Gasteiger partial charge in [0.1, 0.15) is 11.8 Å². The number of anilines is 2. The van der Waals surface area contributed by atoms with Crippen molar-refractivity contribution in [1.29, 1.82) is 0 Å². The smallest absolute Gasteiger partial charge is 0.437 e. The van der Waals surface area contributed by atoms with E-state index in [9.17, 15) is 4.79 Å². The van der Waals surface area contributed by atoms with E-state index >= 15 is 0 Å². The van der Waals surface area contributed by atoms with Crippen molar-refractivity contribution in [3.63, 3.8) is 0 Å². The normalized spacial score (nSPS) is 10.8.